The fourth-order valence-corrected chi connectivity index (χ4v) is 4.57. The van der Waals surface area contributed by atoms with Gasteiger partial charge in [0.15, 0.2) is 5.82 Å². The van der Waals surface area contributed by atoms with Gasteiger partial charge in [0.1, 0.15) is 17.1 Å². The van der Waals surface area contributed by atoms with Gasteiger partial charge in [0.05, 0.1) is 56.8 Å². The molecule has 0 bridgehead atoms. The summed E-state index contributed by atoms with van der Waals surface area (Å²) >= 11 is 0. The average Bonchev–Trinajstić information content (AvgIpc) is 3.42. The predicted molar refractivity (Wildman–Crippen MR) is 157 cm³/mol. The molecule has 0 aliphatic carbocycles. The Balaban J connectivity index is 1.31. The number of rotatable bonds is 12. The van der Waals surface area contributed by atoms with E-state index in [2.05, 4.69) is 9.97 Å². The van der Waals surface area contributed by atoms with E-state index >= 15 is 8.78 Å². The largest absolute Gasteiger partial charge is 0.465 e. The first-order chi connectivity index (χ1) is 20.9. The van der Waals surface area contributed by atoms with Gasteiger partial charge in [0, 0.05) is 6.07 Å². The van der Waals surface area contributed by atoms with E-state index in [0.717, 1.165) is 16.7 Å². The highest BCUT2D eigenvalue weighted by molar-refractivity contribution is 5.91. The molecule has 0 aliphatic heterocycles. The van der Waals surface area contributed by atoms with Crippen molar-refractivity contribution < 1.29 is 37.6 Å². The van der Waals surface area contributed by atoms with Crippen LogP contribution in [0.3, 0.4) is 0 Å². The van der Waals surface area contributed by atoms with Crippen molar-refractivity contribution >= 4 is 17.0 Å². The highest BCUT2D eigenvalue weighted by atomic mass is 19.1. The molecule has 0 saturated heterocycles. The number of ether oxygens (including phenoxy) is 4. The number of imidazole rings is 1. The Morgan fingerprint density at radius 3 is 2.26 bits per heavy atom. The van der Waals surface area contributed by atoms with E-state index < -0.39 is 17.6 Å². The van der Waals surface area contributed by atoms with Crippen molar-refractivity contribution in [3.63, 3.8) is 0 Å². The maximum absolute atomic E-state index is 15.6. The Morgan fingerprint density at radius 2 is 1.56 bits per heavy atom. The molecule has 1 heterocycles. The summed E-state index contributed by atoms with van der Waals surface area (Å²) in [6, 6.07) is 20.7. The van der Waals surface area contributed by atoms with Crippen LogP contribution in [-0.2, 0) is 20.8 Å². The van der Waals surface area contributed by atoms with Gasteiger partial charge in [-0.15, -0.1) is 0 Å². The van der Waals surface area contributed by atoms with Gasteiger partial charge in [0.25, 0.3) is 6.01 Å². The number of aliphatic hydroxyl groups excluding tert-OH is 1. The fourth-order valence-electron chi connectivity index (χ4n) is 4.57. The molecule has 0 aliphatic rings. The third-order valence-corrected chi connectivity index (χ3v) is 6.81. The number of hydrogen-bond donors (Lipinski definition) is 2. The number of aliphatic hydroxyl groups is 1. The predicted octanol–water partition coefficient (Wildman–Crippen LogP) is 6.59. The number of aryl methyl sites for hydroxylation is 1. The number of nitrogens with one attached hydrogen (secondary N) is 1. The number of carbonyl (C=O) groups is 1. The first-order valence-electron chi connectivity index (χ1n) is 13.6. The molecule has 10 heteroatoms. The van der Waals surface area contributed by atoms with E-state index in [0.29, 0.717) is 43.1 Å². The molecular formula is C33H30F2N2O6. The minimum atomic E-state index is -0.820. The van der Waals surface area contributed by atoms with Crippen LogP contribution < -0.4 is 4.74 Å². The summed E-state index contributed by atoms with van der Waals surface area (Å²) in [6.45, 7) is 3.32. The van der Waals surface area contributed by atoms with Crippen LogP contribution in [0.4, 0.5) is 8.78 Å². The number of aromatic amines is 1. The molecule has 0 spiro atoms. The molecule has 43 heavy (non-hydrogen) atoms. The summed E-state index contributed by atoms with van der Waals surface area (Å²) in [4.78, 5) is 19.0. The highest BCUT2D eigenvalue weighted by Gasteiger charge is 2.20. The van der Waals surface area contributed by atoms with Gasteiger partial charge >= 0.3 is 5.97 Å². The van der Waals surface area contributed by atoms with Gasteiger partial charge in [-0.25, -0.2) is 13.6 Å². The molecule has 5 aromatic rings. The summed E-state index contributed by atoms with van der Waals surface area (Å²) in [5, 5.41) is 8.71. The minimum absolute atomic E-state index is 0.0145. The molecule has 1 aromatic heterocycles. The van der Waals surface area contributed by atoms with Gasteiger partial charge in [0.2, 0.25) is 0 Å². The summed E-state index contributed by atoms with van der Waals surface area (Å²) in [6.07, 6.45) is 0. The molecule has 4 aromatic carbocycles. The summed E-state index contributed by atoms with van der Waals surface area (Å²) < 4.78 is 52.1. The van der Waals surface area contributed by atoms with Crippen LogP contribution in [-0.4, -0.2) is 54.6 Å². The molecular weight excluding hydrogens is 558 g/mol. The van der Waals surface area contributed by atoms with Crippen molar-refractivity contribution in [3.8, 4) is 34.0 Å². The maximum Gasteiger partial charge on any atom is 0.338 e. The van der Waals surface area contributed by atoms with Gasteiger partial charge < -0.3 is 29.0 Å². The van der Waals surface area contributed by atoms with Crippen LogP contribution in [0.15, 0.2) is 72.8 Å². The van der Waals surface area contributed by atoms with Gasteiger partial charge in [-0.3, -0.25) is 0 Å². The second-order valence-electron chi connectivity index (χ2n) is 9.72. The summed E-state index contributed by atoms with van der Waals surface area (Å²) in [7, 11) is 1.28. The van der Waals surface area contributed by atoms with Crippen molar-refractivity contribution in [2.24, 2.45) is 0 Å². The molecule has 222 valence electrons. The zero-order valence-electron chi connectivity index (χ0n) is 23.7. The lowest BCUT2D eigenvalue weighted by molar-refractivity contribution is 0.0274. The zero-order chi connectivity index (χ0) is 30.3. The van der Waals surface area contributed by atoms with Gasteiger partial charge in [-0.2, -0.15) is 4.98 Å². The number of methoxy groups -OCH3 is 1. The van der Waals surface area contributed by atoms with Crippen molar-refractivity contribution in [2.75, 3.05) is 33.5 Å². The Bertz CT molecular complexity index is 1720. The highest BCUT2D eigenvalue weighted by Crippen LogP contribution is 2.34. The SMILES string of the molecule is COC(=O)c1cc(Oc2nc3c(F)c(-c4ccc(-c5ccc(COCCOCCO)cc5)cc4)c(F)cc3[nH]2)ccc1C. The first kappa shape index (κ1) is 29.8. The van der Waals surface area contributed by atoms with E-state index in [1.165, 1.54) is 19.2 Å². The molecule has 0 atom stereocenters. The van der Waals surface area contributed by atoms with Crippen molar-refractivity contribution in [1.29, 1.82) is 0 Å². The molecule has 8 nitrogen and oxygen atoms in total. The van der Waals surface area contributed by atoms with Crippen molar-refractivity contribution in [1.82, 2.24) is 9.97 Å². The molecule has 0 radical (unpaired) electrons. The monoisotopic (exact) mass is 588 g/mol. The van der Waals surface area contributed by atoms with E-state index in [-0.39, 0.29) is 35.0 Å². The first-order valence-corrected chi connectivity index (χ1v) is 13.6. The number of hydrogen-bond acceptors (Lipinski definition) is 7. The third kappa shape index (κ3) is 6.89. The lowest BCUT2D eigenvalue weighted by Gasteiger charge is -2.09. The van der Waals surface area contributed by atoms with Crippen LogP contribution in [0.5, 0.6) is 11.8 Å². The van der Waals surface area contributed by atoms with Crippen LogP contribution in [0.1, 0.15) is 21.5 Å². The third-order valence-electron chi connectivity index (χ3n) is 6.81. The lowest BCUT2D eigenvalue weighted by atomic mass is 9.98. The number of carbonyl (C=O) groups excluding carboxylic acids is 1. The van der Waals surface area contributed by atoms with Crippen LogP contribution >= 0.6 is 0 Å². The summed E-state index contributed by atoms with van der Waals surface area (Å²) in [5.74, 6) is -1.80. The lowest BCUT2D eigenvalue weighted by Crippen LogP contribution is -2.07. The average molecular weight is 589 g/mol. The Hall–Kier alpha value is -4.64. The molecule has 0 fully saturated rings. The number of H-pyrrole nitrogens is 1. The Kier molecular flexibility index (Phi) is 9.41. The molecule has 5 rings (SSSR count). The van der Waals surface area contributed by atoms with Crippen LogP contribution in [0.2, 0.25) is 0 Å². The van der Waals surface area contributed by atoms with Crippen LogP contribution in [0, 0.1) is 18.6 Å². The maximum atomic E-state index is 15.6. The van der Waals surface area contributed by atoms with Crippen molar-refractivity contribution in [3.05, 3.63) is 101 Å². The topological polar surface area (TPSA) is 103 Å². The minimum Gasteiger partial charge on any atom is -0.465 e. The number of fused-ring (bicyclic) bond motifs is 1. The van der Waals surface area contributed by atoms with E-state index in [9.17, 15) is 4.79 Å². The fraction of sp³-hybridized carbons (Fsp3) is 0.212. The smallest absolute Gasteiger partial charge is 0.338 e. The van der Waals surface area contributed by atoms with E-state index in [4.69, 9.17) is 24.1 Å². The van der Waals surface area contributed by atoms with Gasteiger partial charge in [-0.05, 0) is 46.9 Å². The van der Waals surface area contributed by atoms with E-state index in [1.807, 2.05) is 24.3 Å². The number of benzene rings is 4. The number of esters is 1. The number of halogens is 2. The second kappa shape index (κ2) is 13.6. The van der Waals surface area contributed by atoms with Crippen LogP contribution in [0.25, 0.3) is 33.3 Å². The molecule has 0 saturated carbocycles. The number of aromatic nitrogens is 2. The van der Waals surface area contributed by atoms with Gasteiger partial charge in [-0.1, -0.05) is 54.6 Å². The molecule has 2 N–H and O–H groups in total. The summed E-state index contributed by atoms with van der Waals surface area (Å²) in [5.41, 5.74) is 4.06. The number of nitrogens with zero attached hydrogens (tertiary/aromatic N) is 1. The Labute approximate surface area is 246 Å². The molecule has 0 amide bonds. The zero-order valence-corrected chi connectivity index (χ0v) is 23.7. The second-order valence-corrected chi connectivity index (χ2v) is 9.72. The standard InChI is InChI=1S/C33H30F2N2O6/c1-20-3-12-25(17-26(20)32(39)40-2)43-33-36-28-18-27(34)29(30(35)31(28)37-33)24-10-8-23(9-11-24)22-6-4-21(5-7-22)19-42-16-15-41-14-13-38/h3-12,17-18,38H,13-16,19H2,1-2H3,(H,36,37). The quantitative estimate of drug-likeness (QED) is 0.125. The normalized spacial score (nSPS) is 11.2. The van der Waals surface area contributed by atoms with Crippen molar-refractivity contribution in [2.45, 2.75) is 13.5 Å². The van der Waals surface area contributed by atoms with E-state index in [1.54, 1.807) is 43.3 Å². The molecule has 0 unspecified atom stereocenters. The Morgan fingerprint density at radius 1 is 0.884 bits per heavy atom.